The van der Waals surface area contributed by atoms with Crippen molar-refractivity contribution < 1.29 is 18.0 Å². The van der Waals surface area contributed by atoms with Crippen molar-refractivity contribution >= 4 is 27.5 Å². The summed E-state index contributed by atoms with van der Waals surface area (Å²) in [6.07, 6.45) is 5.61. The molecule has 2 aromatic rings. The first-order valence-electron chi connectivity index (χ1n) is 12.7. The highest BCUT2D eigenvalue weighted by Crippen LogP contribution is 2.25. The lowest BCUT2D eigenvalue weighted by Crippen LogP contribution is -2.53. The van der Waals surface area contributed by atoms with Gasteiger partial charge in [0, 0.05) is 12.6 Å². The van der Waals surface area contributed by atoms with Crippen molar-refractivity contribution in [3.05, 3.63) is 64.7 Å². The average Bonchev–Trinajstić information content (AvgIpc) is 3.31. The normalized spacial score (nSPS) is 14.9. The Balaban J connectivity index is 1.95. The summed E-state index contributed by atoms with van der Waals surface area (Å²) in [5.41, 5.74) is 4.18. The van der Waals surface area contributed by atoms with Gasteiger partial charge in [-0.05, 0) is 62.8 Å². The van der Waals surface area contributed by atoms with Crippen LogP contribution in [0, 0.1) is 20.8 Å². The highest BCUT2D eigenvalue weighted by Gasteiger charge is 2.33. The molecule has 1 N–H and O–H groups in total. The van der Waals surface area contributed by atoms with E-state index in [1.807, 2.05) is 64.1 Å². The predicted octanol–water partition coefficient (Wildman–Crippen LogP) is 4.24. The van der Waals surface area contributed by atoms with Crippen LogP contribution in [0.1, 0.15) is 61.3 Å². The summed E-state index contributed by atoms with van der Waals surface area (Å²) in [5.74, 6) is -0.583. The minimum atomic E-state index is -3.75. The molecule has 1 aliphatic rings. The standard InChI is InChI=1S/C28H39N3O4S/c1-6-25(28(33)29-24-13-9-10-14-24)30(18-23-12-8-7-11-21(23)3)27(32)19-31(36(5,34)35)26-16-15-20(2)17-22(26)4/h7-8,11-12,15-17,24-25H,6,9-10,13-14,18-19H2,1-5H3,(H,29,33)/t25-/m1/s1. The van der Waals surface area contributed by atoms with Crippen molar-refractivity contribution in [2.24, 2.45) is 0 Å². The van der Waals surface area contributed by atoms with Crippen LogP contribution in [0.5, 0.6) is 0 Å². The number of hydrogen-bond acceptors (Lipinski definition) is 4. The zero-order valence-corrected chi connectivity index (χ0v) is 22.9. The van der Waals surface area contributed by atoms with Crippen LogP contribution in [0.15, 0.2) is 42.5 Å². The maximum absolute atomic E-state index is 13.8. The minimum absolute atomic E-state index is 0.129. The number of sulfonamides is 1. The summed E-state index contributed by atoms with van der Waals surface area (Å²) < 4.78 is 26.8. The van der Waals surface area contributed by atoms with Gasteiger partial charge in [0.15, 0.2) is 0 Å². The molecule has 3 rings (SSSR count). The van der Waals surface area contributed by atoms with Crippen molar-refractivity contribution in [1.29, 1.82) is 0 Å². The van der Waals surface area contributed by atoms with E-state index in [1.54, 1.807) is 11.0 Å². The molecule has 196 valence electrons. The van der Waals surface area contributed by atoms with Gasteiger partial charge in [-0.15, -0.1) is 0 Å². The number of carbonyl (C=O) groups is 2. The monoisotopic (exact) mass is 513 g/mol. The molecule has 1 fully saturated rings. The molecular weight excluding hydrogens is 474 g/mol. The lowest BCUT2D eigenvalue weighted by molar-refractivity contribution is -0.140. The largest absolute Gasteiger partial charge is 0.352 e. The number of benzene rings is 2. The molecule has 0 saturated heterocycles. The number of hydrogen-bond donors (Lipinski definition) is 1. The molecule has 1 aliphatic carbocycles. The van der Waals surface area contributed by atoms with E-state index in [1.165, 1.54) is 0 Å². The fourth-order valence-corrected chi connectivity index (χ4v) is 5.85. The van der Waals surface area contributed by atoms with Gasteiger partial charge in [0.2, 0.25) is 21.8 Å². The van der Waals surface area contributed by atoms with E-state index in [2.05, 4.69) is 5.32 Å². The van der Waals surface area contributed by atoms with E-state index in [0.717, 1.165) is 58.5 Å². The Bertz CT molecular complexity index is 1190. The molecule has 0 unspecified atom stereocenters. The third-order valence-corrected chi connectivity index (χ3v) is 8.12. The van der Waals surface area contributed by atoms with Gasteiger partial charge in [-0.3, -0.25) is 13.9 Å². The summed E-state index contributed by atoms with van der Waals surface area (Å²) in [6.45, 7) is 7.48. The first-order chi connectivity index (χ1) is 17.0. The topological polar surface area (TPSA) is 86.8 Å². The lowest BCUT2D eigenvalue weighted by atomic mass is 10.1. The molecule has 1 atom stereocenters. The van der Waals surface area contributed by atoms with Crippen molar-refractivity contribution in [3.63, 3.8) is 0 Å². The van der Waals surface area contributed by atoms with Crippen LogP contribution in [0.2, 0.25) is 0 Å². The van der Waals surface area contributed by atoms with E-state index >= 15 is 0 Å². The van der Waals surface area contributed by atoms with Crippen molar-refractivity contribution in [2.75, 3.05) is 17.1 Å². The van der Waals surface area contributed by atoms with Crippen LogP contribution < -0.4 is 9.62 Å². The van der Waals surface area contributed by atoms with Gasteiger partial charge in [0.1, 0.15) is 12.6 Å². The number of aryl methyl sites for hydroxylation is 3. The van der Waals surface area contributed by atoms with Gasteiger partial charge in [-0.1, -0.05) is 61.7 Å². The van der Waals surface area contributed by atoms with Gasteiger partial charge >= 0.3 is 0 Å². The summed E-state index contributed by atoms with van der Waals surface area (Å²) >= 11 is 0. The van der Waals surface area contributed by atoms with Crippen molar-refractivity contribution in [3.8, 4) is 0 Å². The zero-order chi connectivity index (χ0) is 26.5. The Morgan fingerprint density at radius 2 is 1.69 bits per heavy atom. The van der Waals surface area contributed by atoms with Gasteiger partial charge in [0.05, 0.1) is 11.9 Å². The Kier molecular flexibility index (Phi) is 9.17. The van der Waals surface area contributed by atoms with Crippen LogP contribution in [0.4, 0.5) is 5.69 Å². The molecule has 2 amide bonds. The number of nitrogens with zero attached hydrogens (tertiary/aromatic N) is 2. The first-order valence-corrected chi connectivity index (χ1v) is 14.6. The second kappa shape index (κ2) is 11.9. The molecule has 0 aromatic heterocycles. The third kappa shape index (κ3) is 6.87. The Morgan fingerprint density at radius 1 is 1.03 bits per heavy atom. The Morgan fingerprint density at radius 3 is 2.28 bits per heavy atom. The molecule has 8 heteroatoms. The molecule has 0 radical (unpaired) electrons. The maximum atomic E-state index is 13.8. The van der Waals surface area contributed by atoms with Crippen LogP contribution in [0.3, 0.4) is 0 Å². The second-order valence-electron chi connectivity index (χ2n) is 9.92. The number of carbonyl (C=O) groups excluding carboxylic acids is 2. The quantitative estimate of drug-likeness (QED) is 0.515. The SMILES string of the molecule is CC[C@H](C(=O)NC1CCCC1)N(Cc1ccccc1C)C(=O)CN(c1ccc(C)cc1C)S(C)(=O)=O. The van der Waals surface area contributed by atoms with E-state index in [-0.39, 0.29) is 25.0 Å². The molecule has 0 spiro atoms. The second-order valence-corrected chi connectivity index (χ2v) is 11.8. The summed E-state index contributed by atoms with van der Waals surface area (Å²) in [4.78, 5) is 28.8. The summed E-state index contributed by atoms with van der Waals surface area (Å²) in [5, 5.41) is 3.13. The lowest BCUT2D eigenvalue weighted by Gasteiger charge is -2.34. The van der Waals surface area contributed by atoms with Crippen LogP contribution >= 0.6 is 0 Å². The average molecular weight is 514 g/mol. The van der Waals surface area contributed by atoms with Gasteiger partial charge in [-0.25, -0.2) is 8.42 Å². The molecule has 0 bridgehead atoms. The van der Waals surface area contributed by atoms with Gasteiger partial charge < -0.3 is 10.2 Å². The minimum Gasteiger partial charge on any atom is -0.352 e. The predicted molar refractivity (Wildman–Crippen MR) is 144 cm³/mol. The van der Waals surface area contributed by atoms with Crippen molar-refractivity contribution in [1.82, 2.24) is 10.2 Å². The summed E-state index contributed by atoms with van der Waals surface area (Å²) in [7, 11) is -3.75. The fourth-order valence-electron chi connectivity index (χ4n) is 4.94. The summed E-state index contributed by atoms with van der Waals surface area (Å²) in [6, 6.07) is 12.6. The third-order valence-electron chi connectivity index (χ3n) is 6.99. The Hall–Kier alpha value is -2.87. The molecule has 2 aromatic carbocycles. The Labute approximate surface area is 215 Å². The number of anilines is 1. The number of amides is 2. The van der Waals surface area contributed by atoms with E-state index in [0.29, 0.717) is 12.1 Å². The fraction of sp³-hybridized carbons (Fsp3) is 0.500. The van der Waals surface area contributed by atoms with Gasteiger partial charge in [-0.2, -0.15) is 0 Å². The number of rotatable bonds is 10. The van der Waals surface area contributed by atoms with Gasteiger partial charge in [0.25, 0.3) is 0 Å². The molecule has 0 heterocycles. The molecule has 1 saturated carbocycles. The van der Waals surface area contributed by atoms with Crippen LogP contribution in [0.25, 0.3) is 0 Å². The van der Waals surface area contributed by atoms with E-state index < -0.39 is 22.0 Å². The molecule has 7 nitrogen and oxygen atoms in total. The first kappa shape index (κ1) is 27.7. The van der Waals surface area contributed by atoms with Crippen LogP contribution in [-0.4, -0.2) is 50.0 Å². The van der Waals surface area contributed by atoms with Crippen molar-refractivity contribution in [2.45, 2.75) is 78.4 Å². The number of nitrogens with one attached hydrogen (secondary N) is 1. The van der Waals surface area contributed by atoms with E-state index in [4.69, 9.17) is 0 Å². The zero-order valence-electron chi connectivity index (χ0n) is 22.1. The smallest absolute Gasteiger partial charge is 0.244 e. The molecule has 36 heavy (non-hydrogen) atoms. The molecule has 0 aliphatic heterocycles. The van der Waals surface area contributed by atoms with Crippen LogP contribution in [-0.2, 0) is 26.2 Å². The van der Waals surface area contributed by atoms with E-state index in [9.17, 15) is 18.0 Å². The maximum Gasteiger partial charge on any atom is 0.244 e. The highest BCUT2D eigenvalue weighted by molar-refractivity contribution is 7.92. The molecular formula is C28H39N3O4S. The highest BCUT2D eigenvalue weighted by atomic mass is 32.2.